The van der Waals surface area contributed by atoms with Crippen molar-refractivity contribution >= 4 is 22.9 Å². The molecule has 2 aromatic carbocycles. The smallest absolute Gasteiger partial charge is 0.269 e. The van der Waals surface area contributed by atoms with E-state index in [0.29, 0.717) is 0 Å². The van der Waals surface area contributed by atoms with Crippen LogP contribution in [-0.4, -0.2) is 21.4 Å². The molecular formula is C16H10N2O6. The third kappa shape index (κ3) is 3.38. The number of nitrogens with zero attached hydrogens (tertiary/aromatic N) is 2. The highest BCUT2D eigenvalue weighted by molar-refractivity contribution is 6.30. The fourth-order valence-corrected chi connectivity index (χ4v) is 1.92. The molecule has 0 amide bonds. The van der Waals surface area contributed by atoms with E-state index < -0.39 is 21.4 Å². The Kier molecular flexibility index (Phi) is 4.60. The fourth-order valence-electron chi connectivity index (χ4n) is 1.92. The van der Waals surface area contributed by atoms with Crippen molar-refractivity contribution in [3.8, 4) is 0 Å². The maximum atomic E-state index is 12.2. The molecule has 24 heavy (non-hydrogen) atoms. The minimum atomic E-state index is -0.673. The van der Waals surface area contributed by atoms with E-state index >= 15 is 0 Å². The molecule has 2 aromatic rings. The molecule has 0 bridgehead atoms. The maximum Gasteiger partial charge on any atom is 0.269 e. The zero-order valence-electron chi connectivity index (χ0n) is 12.2. The molecule has 0 saturated carbocycles. The minimum Gasteiger partial charge on any atom is -0.288 e. The summed E-state index contributed by atoms with van der Waals surface area (Å²) < 4.78 is 0. The zero-order valence-corrected chi connectivity index (χ0v) is 12.2. The van der Waals surface area contributed by atoms with Crippen molar-refractivity contribution in [2.45, 2.75) is 0 Å². The molecule has 0 aromatic heterocycles. The lowest BCUT2D eigenvalue weighted by molar-refractivity contribution is -0.385. The largest absolute Gasteiger partial charge is 0.288 e. The Labute approximate surface area is 135 Å². The molecule has 0 atom stereocenters. The topological polar surface area (TPSA) is 120 Å². The van der Waals surface area contributed by atoms with Crippen molar-refractivity contribution < 1.29 is 19.4 Å². The van der Waals surface area contributed by atoms with Crippen LogP contribution in [0.2, 0.25) is 0 Å². The average Bonchev–Trinajstić information content (AvgIpc) is 2.60. The van der Waals surface area contributed by atoms with Gasteiger partial charge in [0.15, 0.2) is 11.6 Å². The number of carbonyl (C=O) groups excluding carboxylic acids is 2. The van der Waals surface area contributed by atoms with Crippen LogP contribution in [0.25, 0.3) is 0 Å². The van der Waals surface area contributed by atoms with Crippen molar-refractivity contribution in [2.24, 2.45) is 0 Å². The molecule has 0 saturated heterocycles. The Morgan fingerprint density at radius 3 is 1.25 bits per heavy atom. The monoisotopic (exact) mass is 326 g/mol. The summed E-state index contributed by atoms with van der Waals surface area (Å²) in [6.45, 7) is 3.46. The van der Waals surface area contributed by atoms with Gasteiger partial charge in [-0.3, -0.25) is 29.8 Å². The van der Waals surface area contributed by atoms with Gasteiger partial charge in [-0.15, -0.1) is 0 Å². The van der Waals surface area contributed by atoms with E-state index in [-0.39, 0.29) is 28.1 Å². The number of hydrogen-bond donors (Lipinski definition) is 0. The van der Waals surface area contributed by atoms with Crippen LogP contribution in [-0.2, 0) is 0 Å². The molecule has 0 N–H and O–H groups in total. The average molecular weight is 326 g/mol. The predicted molar refractivity (Wildman–Crippen MR) is 84.0 cm³/mol. The number of ketones is 2. The molecule has 0 heterocycles. The fraction of sp³-hybridized carbons (Fsp3) is 0. The molecule has 0 radical (unpaired) electrons. The lowest BCUT2D eigenvalue weighted by atomic mass is 9.97. The van der Waals surface area contributed by atoms with Gasteiger partial charge in [-0.2, -0.15) is 0 Å². The molecule has 8 nitrogen and oxygen atoms in total. The second-order valence-corrected chi connectivity index (χ2v) is 4.74. The van der Waals surface area contributed by atoms with Crippen LogP contribution in [0.4, 0.5) is 11.4 Å². The third-order valence-corrected chi connectivity index (χ3v) is 3.23. The van der Waals surface area contributed by atoms with Gasteiger partial charge < -0.3 is 0 Å². The quantitative estimate of drug-likeness (QED) is 0.201. The van der Waals surface area contributed by atoms with Gasteiger partial charge in [0.25, 0.3) is 11.4 Å². The standard InChI is InChI=1S/C16H10N2O6/c1-10(15(19)11-2-6-13(7-3-11)17(21)22)16(20)12-4-8-14(9-5-12)18(23)24/h2-9H,1H2. The molecular weight excluding hydrogens is 316 g/mol. The Morgan fingerprint density at radius 1 is 0.708 bits per heavy atom. The molecule has 0 aliphatic rings. The van der Waals surface area contributed by atoms with E-state index in [4.69, 9.17) is 0 Å². The summed E-state index contributed by atoms with van der Waals surface area (Å²) in [5.41, 5.74) is -0.530. The molecule has 120 valence electrons. The molecule has 0 fully saturated rings. The Hall–Kier alpha value is -3.68. The molecule has 0 unspecified atom stereocenters. The second kappa shape index (κ2) is 6.61. The van der Waals surface area contributed by atoms with Gasteiger partial charge in [-0.1, -0.05) is 6.58 Å². The number of benzene rings is 2. The van der Waals surface area contributed by atoms with Gasteiger partial charge in [-0.05, 0) is 24.3 Å². The van der Waals surface area contributed by atoms with Crippen LogP contribution >= 0.6 is 0 Å². The van der Waals surface area contributed by atoms with Crippen molar-refractivity contribution in [3.63, 3.8) is 0 Å². The summed E-state index contributed by atoms with van der Waals surface area (Å²) in [5.74, 6) is -1.35. The van der Waals surface area contributed by atoms with Crippen LogP contribution in [0.1, 0.15) is 20.7 Å². The summed E-state index contributed by atoms with van der Waals surface area (Å²) in [4.78, 5) is 44.4. The van der Waals surface area contributed by atoms with Crippen LogP contribution in [0.15, 0.2) is 60.7 Å². The molecule has 2 rings (SSSR count). The third-order valence-electron chi connectivity index (χ3n) is 3.23. The van der Waals surface area contributed by atoms with Gasteiger partial charge in [0.2, 0.25) is 0 Å². The van der Waals surface area contributed by atoms with E-state index in [1.807, 2.05) is 0 Å². The Balaban J connectivity index is 2.20. The number of allylic oxidation sites excluding steroid dienone is 1. The number of carbonyl (C=O) groups is 2. The first-order chi connectivity index (χ1) is 11.3. The SMILES string of the molecule is C=C(C(=O)c1ccc([N+](=O)[O-])cc1)C(=O)c1ccc([N+](=O)[O-])cc1. The van der Waals surface area contributed by atoms with E-state index in [0.717, 1.165) is 24.3 Å². The van der Waals surface area contributed by atoms with Crippen LogP contribution in [0.3, 0.4) is 0 Å². The van der Waals surface area contributed by atoms with Crippen molar-refractivity contribution in [3.05, 3.63) is 92.0 Å². The van der Waals surface area contributed by atoms with E-state index in [9.17, 15) is 29.8 Å². The van der Waals surface area contributed by atoms with E-state index in [1.54, 1.807) is 0 Å². The molecule has 8 heteroatoms. The lowest BCUT2D eigenvalue weighted by Crippen LogP contribution is -2.12. The normalized spacial score (nSPS) is 10.0. The van der Waals surface area contributed by atoms with Crippen molar-refractivity contribution in [1.29, 1.82) is 0 Å². The first-order valence-electron chi connectivity index (χ1n) is 6.58. The van der Waals surface area contributed by atoms with Crippen LogP contribution in [0, 0.1) is 20.2 Å². The van der Waals surface area contributed by atoms with E-state index in [2.05, 4.69) is 6.58 Å². The summed E-state index contributed by atoms with van der Waals surface area (Å²) in [7, 11) is 0. The van der Waals surface area contributed by atoms with Crippen LogP contribution < -0.4 is 0 Å². The van der Waals surface area contributed by atoms with Crippen LogP contribution in [0.5, 0.6) is 0 Å². The highest BCUT2D eigenvalue weighted by Gasteiger charge is 2.20. The molecule has 0 aliphatic carbocycles. The van der Waals surface area contributed by atoms with Gasteiger partial charge in [0.05, 0.1) is 15.4 Å². The predicted octanol–water partition coefficient (Wildman–Crippen LogP) is 3.12. The Bertz CT molecular complexity index is 782. The summed E-state index contributed by atoms with van der Waals surface area (Å²) in [5, 5.41) is 21.2. The second-order valence-electron chi connectivity index (χ2n) is 4.74. The minimum absolute atomic E-state index is 0.0841. The number of nitro groups is 2. The lowest BCUT2D eigenvalue weighted by Gasteiger charge is -2.04. The number of hydrogen-bond acceptors (Lipinski definition) is 6. The molecule has 0 aliphatic heterocycles. The highest BCUT2D eigenvalue weighted by atomic mass is 16.6. The van der Waals surface area contributed by atoms with Gasteiger partial charge in [0, 0.05) is 35.4 Å². The maximum absolute atomic E-state index is 12.2. The van der Waals surface area contributed by atoms with E-state index in [1.165, 1.54) is 24.3 Å². The number of nitro benzene ring substituents is 2. The van der Waals surface area contributed by atoms with Crippen molar-refractivity contribution in [1.82, 2.24) is 0 Å². The zero-order chi connectivity index (χ0) is 17.9. The number of Topliss-reactive ketones (excluding diaryl/α,β-unsaturated/α-hetero) is 2. The van der Waals surface area contributed by atoms with Crippen molar-refractivity contribution in [2.75, 3.05) is 0 Å². The van der Waals surface area contributed by atoms with Gasteiger partial charge >= 0.3 is 0 Å². The molecule has 0 spiro atoms. The Morgan fingerprint density at radius 2 is 1.00 bits per heavy atom. The van der Waals surface area contributed by atoms with Gasteiger partial charge in [-0.25, -0.2) is 0 Å². The first-order valence-corrected chi connectivity index (χ1v) is 6.58. The number of rotatable bonds is 6. The first kappa shape index (κ1) is 16.7. The van der Waals surface area contributed by atoms with Gasteiger partial charge in [0.1, 0.15) is 0 Å². The summed E-state index contributed by atoms with van der Waals surface area (Å²) >= 11 is 0. The summed E-state index contributed by atoms with van der Waals surface area (Å²) in [6.07, 6.45) is 0. The highest BCUT2D eigenvalue weighted by Crippen LogP contribution is 2.18. The summed E-state index contributed by atoms with van der Waals surface area (Å²) in [6, 6.07) is 9.52. The number of non-ortho nitro benzene ring substituents is 2.